The zero-order chi connectivity index (χ0) is 22.9. The van der Waals surface area contributed by atoms with Crippen LogP contribution in [0.1, 0.15) is 36.0 Å². The molecule has 8 heteroatoms. The highest BCUT2D eigenvalue weighted by Crippen LogP contribution is 2.26. The number of sulfonamides is 1. The molecule has 0 saturated carbocycles. The van der Waals surface area contributed by atoms with E-state index in [0.29, 0.717) is 44.6 Å². The maximum Gasteiger partial charge on any atom is 0.254 e. The fourth-order valence-electron chi connectivity index (χ4n) is 4.92. The highest BCUT2D eigenvalue weighted by Gasteiger charge is 2.35. The normalized spacial score (nSPS) is 20.7. The molecule has 1 atom stereocenters. The zero-order valence-corrected chi connectivity index (χ0v) is 19.6. The van der Waals surface area contributed by atoms with Gasteiger partial charge >= 0.3 is 0 Å². The second-order valence-corrected chi connectivity index (χ2v) is 11.0. The summed E-state index contributed by atoms with van der Waals surface area (Å²) in [6.45, 7) is 2.20. The van der Waals surface area contributed by atoms with E-state index in [0.717, 1.165) is 23.6 Å². The van der Waals surface area contributed by atoms with Gasteiger partial charge in [-0.25, -0.2) is 12.7 Å². The molecule has 2 fully saturated rings. The molecule has 7 nitrogen and oxygen atoms in total. The maximum absolute atomic E-state index is 13.3. The lowest BCUT2D eigenvalue weighted by Gasteiger charge is -2.39. The van der Waals surface area contributed by atoms with Crippen LogP contribution in [0.5, 0.6) is 0 Å². The Kier molecular flexibility index (Phi) is 6.53. The molecular formula is C24H31N3O4S. The summed E-state index contributed by atoms with van der Waals surface area (Å²) in [7, 11) is -1.63. The number of carbonyl (C=O) groups is 2. The molecular weight excluding hydrogens is 426 g/mol. The Morgan fingerprint density at radius 1 is 0.938 bits per heavy atom. The molecule has 32 heavy (non-hydrogen) atoms. The third-order valence-corrected chi connectivity index (χ3v) is 8.24. The predicted molar refractivity (Wildman–Crippen MR) is 125 cm³/mol. The summed E-state index contributed by atoms with van der Waals surface area (Å²) in [6, 6.07) is 13.6. The third-order valence-electron chi connectivity index (χ3n) is 6.89. The Labute approximate surface area is 190 Å². The number of amides is 2. The van der Waals surface area contributed by atoms with Crippen molar-refractivity contribution in [3.05, 3.63) is 48.0 Å². The molecule has 0 bridgehead atoms. The highest BCUT2D eigenvalue weighted by molar-refractivity contribution is 7.88. The summed E-state index contributed by atoms with van der Waals surface area (Å²) in [6.07, 6.45) is 4.08. The second kappa shape index (κ2) is 9.19. The van der Waals surface area contributed by atoms with Crippen molar-refractivity contribution in [2.75, 3.05) is 39.5 Å². The minimum Gasteiger partial charge on any atom is -0.342 e. The Bertz CT molecular complexity index is 1100. The van der Waals surface area contributed by atoms with Gasteiger partial charge in [0, 0.05) is 44.8 Å². The van der Waals surface area contributed by atoms with Crippen molar-refractivity contribution in [3.8, 4) is 0 Å². The minimum atomic E-state index is -3.23. The van der Waals surface area contributed by atoms with E-state index in [1.54, 1.807) is 7.05 Å². The Balaban J connectivity index is 1.41. The summed E-state index contributed by atoms with van der Waals surface area (Å²) in [5.41, 5.74) is 0.681. The van der Waals surface area contributed by atoms with Crippen LogP contribution in [-0.2, 0) is 14.8 Å². The van der Waals surface area contributed by atoms with Crippen molar-refractivity contribution >= 4 is 32.6 Å². The zero-order valence-electron chi connectivity index (χ0n) is 18.7. The van der Waals surface area contributed by atoms with Crippen molar-refractivity contribution in [1.29, 1.82) is 0 Å². The van der Waals surface area contributed by atoms with Gasteiger partial charge in [0.15, 0.2) is 0 Å². The van der Waals surface area contributed by atoms with E-state index in [1.165, 1.54) is 10.6 Å². The van der Waals surface area contributed by atoms with E-state index >= 15 is 0 Å². The molecule has 4 rings (SSSR count). The number of fused-ring (bicyclic) bond motifs is 1. The molecule has 0 spiro atoms. The van der Waals surface area contributed by atoms with Crippen LogP contribution in [0.25, 0.3) is 10.8 Å². The number of likely N-dealkylation sites (tertiary alicyclic amines) is 2. The smallest absolute Gasteiger partial charge is 0.254 e. The summed E-state index contributed by atoms with van der Waals surface area (Å²) in [5, 5.41) is 1.97. The van der Waals surface area contributed by atoms with E-state index < -0.39 is 10.0 Å². The fourth-order valence-corrected chi connectivity index (χ4v) is 5.68. The van der Waals surface area contributed by atoms with Crippen molar-refractivity contribution in [1.82, 2.24) is 14.1 Å². The van der Waals surface area contributed by atoms with Crippen LogP contribution in [0.15, 0.2) is 42.5 Å². The first kappa shape index (κ1) is 22.7. The number of nitrogens with zero attached hydrogens (tertiary/aromatic N) is 3. The van der Waals surface area contributed by atoms with E-state index in [-0.39, 0.29) is 23.8 Å². The molecule has 1 unspecified atom stereocenters. The molecule has 0 N–H and O–H groups in total. The van der Waals surface area contributed by atoms with Crippen molar-refractivity contribution in [3.63, 3.8) is 0 Å². The molecule has 2 aliphatic rings. The molecule has 0 radical (unpaired) electrons. The van der Waals surface area contributed by atoms with Crippen LogP contribution < -0.4 is 0 Å². The molecule has 2 aromatic rings. The molecule has 2 aliphatic heterocycles. The highest BCUT2D eigenvalue weighted by atomic mass is 32.2. The molecule has 2 amide bonds. The largest absolute Gasteiger partial charge is 0.342 e. The molecule has 2 heterocycles. The average Bonchev–Trinajstić information content (AvgIpc) is 2.82. The number of benzene rings is 2. The Morgan fingerprint density at radius 2 is 1.62 bits per heavy atom. The Hall–Kier alpha value is -2.45. The minimum absolute atomic E-state index is 0.0206. The number of rotatable bonds is 4. The summed E-state index contributed by atoms with van der Waals surface area (Å²) in [5.74, 6) is -0.138. The summed E-state index contributed by atoms with van der Waals surface area (Å²) >= 11 is 0. The second-order valence-electron chi connectivity index (χ2n) is 8.95. The fraction of sp³-hybridized carbons (Fsp3) is 0.500. The van der Waals surface area contributed by atoms with Gasteiger partial charge in [-0.3, -0.25) is 9.59 Å². The monoisotopic (exact) mass is 457 g/mol. The van der Waals surface area contributed by atoms with E-state index in [9.17, 15) is 18.0 Å². The quantitative estimate of drug-likeness (QED) is 0.707. The van der Waals surface area contributed by atoms with Crippen LogP contribution in [0.2, 0.25) is 0 Å². The van der Waals surface area contributed by atoms with Crippen molar-refractivity contribution < 1.29 is 18.0 Å². The first-order chi connectivity index (χ1) is 15.3. The Morgan fingerprint density at radius 3 is 2.34 bits per heavy atom. The third kappa shape index (κ3) is 4.66. The average molecular weight is 458 g/mol. The van der Waals surface area contributed by atoms with Crippen LogP contribution >= 0.6 is 0 Å². The molecule has 0 aliphatic carbocycles. The molecule has 2 saturated heterocycles. The lowest BCUT2D eigenvalue weighted by Crippen LogP contribution is -2.51. The van der Waals surface area contributed by atoms with Gasteiger partial charge in [-0.05, 0) is 42.5 Å². The SMILES string of the molecule is CN(C1CCN(C(=O)C2CCCN(C(=O)c3cccc4ccccc34)C2)CC1)S(C)(=O)=O. The number of piperidine rings is 2. The van der Waals surface area contributed by atoms with Gasteiger partial charge in [-0.2, -0.15) is 0 Å². The van der Waals surface area contributed by atoms with Crippen LogP contribution in [0.4, 0.5) is 0 Å². The van der Waals surface area contributed by atoms with E-state index in [4.69, 9.17) is 0 Å². The van der Waals surface area contributed by atoms with E-state index in [1.807, 2.05) is 52.3 Å². The van der Waals surface area contributed by atoms with Gasteiger partial charge in [0.25, 0.3) is 5.91 Å². The topological polar surface area (TPSA) is 78.0 Å². The van der Waals surface area contributed by atoms with Crippen LogP contribution in [0.3, 0.4) is 0 Å². The predicted octanol–water partition coefficient (Wildman–Crippen LogP) is 2.57. The lowest BCUT2D eigenvalue weighted by atomic mass is 9.94. The van der Waals surface area contributed by atoms with Gasteiger partial charge in [0.05, 0.1) is 12.2 Å². The summed E-state index contributed by atoms with van der Waals surface area (Å²) < 4.78 is 25.0. The number of carbonyl (C=O) groups excluding carboxylic acids is 2. The maximum atomic E-state index is 13.3. The van der Waals surface area contributed by atoms with E-state index in [2.05, 4.69) is 0 Å². The number of hydrogen-bond donors (Lipinski definition) is 0. The van der Waals surface area contributed by atoms with Crippen molar-refractivity contribution in [2.24, 2.45) is 5.92 Å². The summed E-state index contributed by atoms with van der Waals surface area (Å²) in [4.78, 5) is 30.2. The molecule has 2 aromatic carbocycles. The molecule has 0 aromatic heterocycles. The van der Waals surface area contributed by atoms with Gasteiger partial charge in [-0.15, -0.1) is 0 Å². The number of hydrogen-bond acceptors (Lipinski definition) is 4. The van der Waals surface area contributed by atoms with Gasteiger partial charge in [0.1, 0.15) is 0 Å². The van der Waals surface area contributed by atoms with Gasteiger partial charge in [0.2, 0.25) is 15.9 Å². The van der Waals surface area contributed by atoms with Crippen LogP contribution in [-0.4, -0.2) is 79.9 Å². The van der Waals surface area contributed by atoms with Gasteiger partial charge < -0.3 is 9.80 Å². The first-order valence-corrected chi connectivity index (χ1v) is 13.1. The van der Waals surface area contributed by atoms with Crippen molar-refractivity contribution in [2.45, 2.75) is 31.7 Å². The van der Waals surface area contributed by atoms with Gasteiger partial charge in [-0.1, -0.05) is 36.4 Å². The van der Waals surface area contributed by atoms with Crippen LogP contribution in [0, 0.1) is 5.92 Å². The molecule has 172 valence electrons. The lowest BCUT2D eigenvalue weighted by molar-refractivity contribution is -0.138. The standard InChI is InChI=1S/C24H31N3O4S/c1-25(32(2,30)31)20-12-15-26(16-13-20)23(28)19-9-6-14-27(17-19)24(29)22-11-5-8-18-7-3-4-10-21(18)22/h3-5,7-8,10-11,19-20H,6,9,12-17H2,1-2H3. The first-order valence-electron chi connectivity index (χ1n) is 11.2.